The van der Waals surface area contributed by atoms with Crippen molar-refractivity contribution in [1.82, 2.24) is 15.5 Å². The van der Waals surface area contributed by atoms with Crippen LogP contribution in [0.2, 0.25) is 0 Å². The van der Waals surface area contributed by atoms with Gasteiger partial charge in [-0.05, 0) is 37.1 Å². The molecule has 2 aromatic rings. The number of nitrogens with one attached hydrogen (secondary N) is 2. The molecular weight excluding hydrogens is 336 g/mol. The van der Waals surface area contributed by atoms with Crippen molar-refractivity contribution in [2.75, 3.05) is 44.2 Å². The van der Waals surface area contributed by atoms with Gasteiger partial charge in [-0.25, -0.2) is 4.79 Å². The van der Waals surface area contributed by atoms with Crippen molar-refractivity contribution < 1.29 is 4.79 Å². The number of unbranched alkanes of at least 4 members (excludes halogenated alkanes) is 1. The van der Waals surface area contributed by atoms with Crippen LogP contribution in [-0.2, 0) is 6.54 Å². The van der Waals surface area contributed by atoms with Crippen molar-refractivity contribution in [2.45, 2.75) is 19.4 Å². The number of piperazine rings is 1. The summed E-state index contributed by atoms with van der Waals surface area (Å²) in [6, 6.07) is 20.5. The Morgan fingerprint density at radius 2 is 1.48 bits per heavy atom. The van der Waals surface area contributed by atoms with Gasteiger partial charge < -0.3 is 15.5 Å². The summed E-state index contributed by atoms with van der Waals surface area (Å²) < 4.78 is 0. The van der Waals surface area contributed by atoms with Crippen molar-refractivity contribution in [1.29, 1.82) is 0 Å². The molecule has 1 aliphatic heterocycles. The largest absolute Gasteiger partial charge is 0.369 e. The maximum absolute atomic E-state index is 11.8. The quantitative estimate of drug-likeness (QED) is 0.706. The molecule has 0 spiro atoms. The van der Waals surface area contributed by atoms with E-state index in [2.05, 4.69) is 50.8 Å². The summed E-state index contributed by atoms with van der Waals surface area (Å²) in [5.41, 5.74) is 2.44. The van der Waals surface area contributed by atoms with Gasteiger partial charge in [0.05, 0.1) is 0 Å². The highest BCUT2D eigenvalue weighted by Crippen LogP contribution is 2.15. The van der Waals surface area contributed by atoms with Gasteiger partial charge >= 0.3 is 6.03 Å². The number of para-hydroxylation sites is 1. The second-order valence-corrected chi connectivity index (χ2v) is 6.97. The Morgan fingerprint density at radius 3 is 2.19 bits per heavy atom. The van der Waals surface area contributed by atoms with Crippen LogP contribution < -0.4 is 15.5 Å². The fourth-order valence-electron chi connectivity index (χ4n) is 3.37. The van der Waals surface area contributed by atoms with Gasteiger partial charge in [-0.15, -0.1) is 0 Å². The fourth-order valence-corrected chi connectivity index (χ4v) is 3.37. The number of carbonyl (C=O) groups excluding carboxylic acids is 1. The molecule has 27 heavy (non-hydrogen) atoms. The lowest BCUT2D eigenvalue weighted by Crippen LogP contribution is -2.46. The fraction of sp³-hybridized carbons (Fsp3) is 0.409. The highest BCUT2D eigenvalue weighted by atomic mass is 16.2. The lowest BCUT2D eigenvalue weighted by molar-refractivity contribution is 0.238. The van der Waals surface area contributed by atoms with Crippen molar-refractivity contribution >= 4 is 11.7 Å². The molecular formula is C22H30N4O. The van der Waals surface area contributed by atoms with Crippen molar-refractivity contribution in [3.63, 3.8) is 0 Å². The number of benzene rings is 2. The third-order valence-electron chi connectivity index (χ3n) is 4.98. The molecule has 0 atom stereocenters. The van der Waals surface area contributed by atoms with Crippen LogP contribution >= 0.6 is 0 Å². The highest BCUT2D eigenvalue weighted by Gasteiger charge is 2.16. The van der Waals surface area contributed by atoms with Gasteiger partial charge in [0.2, 0.25) is 0 Å². The second kappa shape index (κ2) is 10.6. The summed E-state index contributed by atoms with van der Waals surface area (Å²) in [6.45, 7) is 6.80. The Morgan fingerprint density at radius 1 is 0.815 bits per heavy atom. The predicted molar refractivity (Wildman–Crippen MR) is 111 cm³/mol. The van der Waals surface area contributed by atoms with E-state index in [1.54, 1.807) is 0 Å². The monoisotopic (exact) mass is 366 g/mol. The SMILES string of the molecule is O=C(NCCCCN1CCN(c2ccccc2)CC1)NCc1ccccc1. The highest BCUT2D eigenvalue weighted by molar-refractivity contribution is 5.73. The van der Waals surface area contributed by atoms with E-state index < -0.39 is 0 Å². The van der Waals surface area contributed by atoms with E-state index in [4.69, 9.17) is 0 Å². The number of hydrogen-bond donors (Lipinski definition) is 2. The van der Waals surface area contributed by atoms with E-state index in [0.29, 0.717) is 6.54 Å². The van der Waals surface area contributed by atoms with Crippen LogP contribution in [0.25, 0.3) is 0 Å². The molecule has 0 saturated carbocycles. The van der Waals surface area contributed by atoms with Gasteiger partial charge in [0.1, 0.15) is 0 Å². The Kier molecular flexibility index (Phi) is 7.54. The first kappa shape index (κ1) is 19.2. The van der Waals surface area contributed by atoms with Gasteiger partial charge in [0, 0.05) is 45.0 Å². The smallest absolute Gasteiger partial charge is 0.315 e. The molecule has 1 fully saturated rings. The molecule has 2 aromatic carbocycles. The van der Waals surface area contributed by atoms with Crippen LogP contribution in [0.4, 0.5) is 10.5 Å². The van der Waals surface area contributed by atoms with Crippen LogP contribution in [0.3, 0.4) is 0 Å². The molecule has 1 saturated heterocycles. The van der Waals surface area contributed by atoms with Crippen molar-refractivity contribution in [3.05, 3.63) is 66.2 Å². The summed E-state index contributed by atoms with van der Waals surface area (Å²) in [5.74, 6) is 0. The first-order chi connectivity index (χ1) is 13.3. The van der Waals surface area contributed by atoms with Crippen LogP contribution in [-0.4, -0.2) is 50.2 Å². The normalized spacial score (nSPS) is 14.7. The Labute approximate surface area is 162 Å². The van der Waals surface area contributed by atoms with E-state index in [1.807, 2.05) is 30.3 Å². The maximum atomic E-state index is 11.8. The molecule has 0 bridgehead atoms. The maximum Gasteiger partial charge on any atom is 0.315 e. The number of carbonyl (C=O) groups is 1. The third-order valence-corrected chi connectivity index (χ3v) is 4.98. The van der Waals surface area contributed by atoms with Crippen LogP contribution in [0.15, 0.2) is 60.7 Å². The average Bonchev–Trinajstić information content (AvgIpc) is 2.74. The number of urea groups is 1. The molecule has 0 aromatic heterocycles. The minimum atomic E-state index is -0.0877. The average molecular weight is 367 g/mol. The zero-order chi connectivity index (χ0) is 18.7. The summed E-state index contributed by atoms with van der Waals surface area (Å²) in [7, 11) is 0. The van der Waals surface area contributed by atoms with Gasteiger partial charge in [-0.3, -0.25) is 4.90 Å². The molecule has 2 N–H and O–H groups in total. The summed E-state index contributed by atoms with van der Waals surface area (Å²) >= 11 is 0. The summed E-state index contributed by atoms with van der Waals surface area (Å²) in [6.07, 6.45) is 2.13. The number of hydrogen-bond acceptors (Lipinski definition) is 3. The Bertz CT molecular complexity index is 669. The van der Waals surface area contributed by atoms with Gasteiger partial charge in [0.25, 0.3) is 0 Å². The number of amides is 2. The second-order valence-electron chi connectivity index (χ2n) is 6.97. The van der Waals surface area contributed by atoms with E-state index >= 15 is 0 Å². The molecule has 144 valence electrons. The predicted octanol–water partition coefficient (Wildman–Crippen LogP) is 3.09. The first-order valence-corrected chi connectivity index (χ1v) is 9.89. The lowest BCUT2D eigenvalue weighted by Gasteiger charge is -2.36. The molecule has 3 rings (SSSR count). The summed E-state index contributed by atoms with van der Waals surface area (Å²) in [4.78, 5) is 16.8. The standard InChI is InChI=1S/C22H30N4O/c27-22(24-19-20-9-3-1-4-10-20)23-13-7-8-14-25-15-17-26(18-16-25)21-11-5-2-6-12-21/h1-6,9-12H,7-8,13-19H2,(H2,23,24,27). The van der Waals surface area contributed by atoms with Crippen molar-refractivity contribution in [3.8, 4) is 0 Å². The van der Waals surface area contributed by atoms with E-state index in [0.717, 1.165) is 57.7 Å². The number of anilines is 1. The van der Waals surface area contributed by atoms with E-state index in [-0.39, 0.29) is 6.03 Å². The minimum absolute atomic E-state index is 0.0877. The molecule has 5 heteroatoms. The molecule has 2 amide bonds. The van der Waals surface area contributed by atoms with Gasteiger partial charge in [-0.2, -0.15) is 0 Å². The van der Waals surface area contributed by atoms with E-state index in [1.165, 1.54) is 5.69 Å². The van der Waals surface area contributed by atoms with Crippen molar-refractivity contribution in [2.24, 2.45) is 0 Å². The van der Waals surface area contributed by atoms with Crippen LogP contribution in [0, 0.1) is 0 Å². The molecule has 0 radical (unpaired) electrons. The number of rotatable bonds is 8. The first-order valence-electron chi connectivity index (χ1n) is 9.89. The van der Waals surface area contributed by atoms with Gasteiger partial charge in [0.15, 0.2) is 0 Å². The molecule has 0 unspecified atom stereocenters. The summed E-state index contributed by atoms with van der Waals surface area (Å²) in [5, 5.41) is 5.84. The topological polar surface area (TPSA) is 47.6 Å². The Hall–Kier alpha value is -2.53. The zero-order valence-electron chi connectivity index (χ0n) is 15.9. The Balaban J connectivity index is 1.22. The molecule has 1 heterocycles. The van der Waals surface area contributed by atoms with Gasteiger partial charge in [-0.1, -0.05) is 48.5 Å². The third kappa shape index (κ3) is 6.61. The zero-order valence-corrected chi connectivity index (χ0v) is 15.9. The lowest BCUT2D eigenvalue weighted by atomic mass is 10.2. The number of nitrogens with zero attached hydrogens (tertiary/aromatic N) is 2. The molecule has 5 nitrogen and oxygen atoms in total. The van der Waals surface area contributed by atoms with Crippen LogP contribution in [0.5, 0.6) is 0 Å². The molecule has 0 aliphatic carbocycles. The van der Waals surface area contributed by atoms with E-state index in [9.17, 15) is 4.79 Å². The molecule has 1 aliphatic rings. The minimum Gasteiger partial charge on any atom is -0.369 e. The van der Waals surface area contributed by atoms with Crippen LogP contribution in [0.1, 0.15) is 18.4 Å².